The van der Waals surface area contributed by atoms with Crippen LogP contribution in [-0.2, 0) is 53.8 Å². The van der Waals surface area contributed by atoms with Crippen LogP contribution in [0.3, 0.4) is 0 Å². The molecule has 5 aliphatic rings. The van der Waals surface area contributed by atoms with Crippen molar-refractivity contribution >= 4 is 69.8 Å². The van der Waals surface area contributed by atoms with Gasteiger partial charge in [-0.05, 0) is 18.3 Å². The molecule has 0 bridgehead atoms. The molecule has 6 amide bonds. The Labute approximate surface area is 365 Å². The molecule has 5 fully saturated rings. The summed E-state index contributed by atoms with van der Waals surface area (Å²) in [5.74, 6) is -8.76. The zero-order chi connectivity index (χ0) is 46.6. The Kier molecular flexibility index (Phi) is 16.4. The van der Waals surface area contributed by atoms with Crippen LogP contribution >= 0.6 is 0 Å². The summed E-state index contributed by atoms with van der Waals surface area (Å²) in [6.45, 7) is -2.35. The summed E-state index contributed by atoms with van der Waals surface area (Å²) < 4.78 is 67.0. The first kappa shape index (κ1) is 50.2. The first-order chi connectivity index (χ1) is 29.4. The molecule has 4 saturated heterocycles. The lowest BCUT2D eigenvalue weighted by molar-refractivity contribution is -0.152. The van der Waals surface area contributed by atoms with Crippen molar-refractivity contribution in [2.24, 2.45) is 0 Å². The standard InChI is InChI=1S/C36H56BN7O17S2/c37-36(6-4-2-1-3-5-7-36)40-26(19-63(59,60)61)32(52)39-25(18-62(56,57)58)31(51)38-12-30(50)42-14-22(47)9-27(42)34(54)44-16-24(49)11-29(44)35(55)43-15-23(48)10-28(43)33(53)41-13-21(46)8-20(41)17-45/h17,20-29,40,46-49H,1-16,18-19H2,(H,38,51)(H,39,52)(H,56,57,58)(H,59,60,61). The lowest BCUT2D eigenvalue weighted by Crippen LogP contribution is -2.62. The highest BCUT2D eigenvalue weighted by atomic mass is 32.2. The zero-order valence-corrected chi connectivity index (χ0v) is 36.1. The van der Waals surface area contributed by atoms with E-state index >= 15 is 0 Å². The van der Waals surface area contributed by atoms with E-state index in [0.717, 1.165) is 38.9 Å². The van der Waals surface area contributed by atoms with E-state index in [4.69, 9.17) is 7.85 Å². The third kappa shape index (κ3) is 13.1. The second kappa shape index (κ2) is 20.6. The Morgan fingerprint density at radius 1 is 0.619 bits per heavy atom. The highest BCUT2D eigenvalue weighted by molar-refractivity contribution is 7.86. The van der Waals surface area contributed by atoms with Gasteiger partial charge in [-0.25, -0.2) is 0 Å². The van der Waals surface area contributed by atoms with Crippen LogP contribution in [0.4, 0.5) is 0 Å². The Morgan fingerprint density at radius 2 is 1.03 bits per heavy atom. The first-order valence-electron chi connectivity index (χ1n) is 20.8. The molecule has 10 atom stereocenters. The van der Waals surface area contributed by atoms with E-state index < -0.39 is 153 Å². The number of hydrogen-bond acceptors (Lipinski definition) is 16. The van der Waals surface area contributed by atoms with Gasteiger partial charge in [0, 0.05) is 51.9 Å². The van der Waals surface area contributed by atoms with Gasteiger partial charge in [-0.15, -0.1) is 0 Å². The van der Waals surface area contributed by atoms with E-state index in [0.29, 0.717) is 32.0 Å². The van der Waals surface area contributed by atoms with Crippen molar-refractivity contribution in [3.63, 3.8) is 0 Å². The van der Waals surface area contributed by atoms with Crippen LogP contribution in [0.2, 0.25) is 0 Å². The second-order valence-electron chi connectivity index (χ2n) is 17.2. The summed E-state index contributed by atoms with van der Waals surface area (Å²) in [5.41, 5.74) is -1.28. The van der Waals surface area contributed by atoms with E-state index in [9.17, 15) is 79.9 Å². The van der Waals surface area contributed by atoms with Gasteiger partial charge >= 0.3 is 0 Å². The molecule has 0 aromatic carbocycles. The summed E-state index contributed by atoms with van der Waals surface area (Å²) in [7, 11) is -3.43. The van der Waals surface area contributed by atoms with Crippen molar-refractivity contribution in [3.8, 4) is 0 Å². The summed E-state index contributed by atoms with van der Waals surface area (Å²) >= 11 is 0. The van der Waals surface area contributed by atoms with E-state index in [1.54, 1.807) is 0 Å². The zero-order valence-electron chi connectivity index (χ0n) is 34.4. The molecule has 5 rings (SSSR count). The number of aliphatic hydroxyl groups is 4. The van der Waals surface area contributed by atoms with Gasteiger partial charge in [0.1, 0.15) is 42.2 Å². The van der Waals surface area contributed by atoms with Crippen LogP contribution in [0.5, 0.6) is 0 Å². The maximum Gasteiger partial charge on any atom is 0.267 e. The summed E-state index contributed by atoms with van der Waals surface area (Å²) in [4.78, 5) is 97.8. The van der Waals surface area contributed by atoms with Crippen molar-refractivity contribution in [2.75, 3.05) is 44.2 Å². The molecule has 0 spiro atoms. The molecule has 4 aliphatic heterocycles. The van der Waals surface area contributed by atoms with Crippen molar-refractivity contribution in [1.29, 1.82) is 0 Å². The Morgan fingerprint density at radius 3 is 1.52 bits per heavy atom. The monoisotopic (exact) mass is 933 g/mol. The molecule has 27 heteroatoms. The van der Waals surface area contributed by atoms with Crippen molar-refractivity contribution < 1.29 is 79.9 Å². The lowest BCUT2D eigenvalue weighted by atomic mass is 9.69. The molecule has 1 saturated carbocycles. The van der Waals surface area contributed by atoms with Crippen LogP contribution in [0.25, 0.3) is 0 Å². The number of hydrogen-bond donors (Lipinski definition) is 9. The fraction of sp³-hybridized carbons (Fsp3) is 0.806. The molecule has 4 heterocycles. The van der Waals surface area contributed by atoms with Gasteiger partial charge in [0.25, 0.3) is 20.2 Å². The van der Waals surface area contributed by atoms with E-state index in [1.165, 1.54) is 0 Å². The average Bonchev–Trinajstić information content (AvgIpc) is 3.97. The van der Waals surface area contributed by atoms with Crippen molar-refractivity contribution in [3.05, 3.63) is 0 Å². The summed E-state index contributed by atoms with van der Waals surface area (Å²) in [5, 5.41) is 48.7. The van der Waals surface area contributed by atoms with Gasteiger partial charge in [0.15, 0.2) is 0 Å². The maximum absolute atomic E-state index is 14.1. The van der Waals surface area contributed by atoms with Gasteiger partial charge in [-0.2, -0.15) is 16.8 Å². The number of rotatable bonds is 15. The minimum Gasteiger partial charge on any atom is -0.391 e. The number of carbonyl (C=O) groups is 7. The number of carbonyl (C=O) groups excluding carboxylic acids is 7. The molecule has 24 nitrogen and oxygen atoms in total. The molecule has 0 aromatic rings. The normalized spacial score (nSPS) is 30.0. The maximum atomic E-state index is 14.1. The Hall–Kier alpha value is -3.83. The van der Waals surface area contributed by atoms with Crippen LogP contribution in [0, 0.1) is 0 Å². The second-order valence-corrected chi connectivity index (χ2v) is 20.2. The molecule has 0 aromatic heterocycles. The van der Waals surface area contributed by atoms with E-state index in [2.05, 4.69) is 10.6 Å². The largest absolute Gasteiger partial charge is 0.391 e. The van der Waals surface area contributed by atoms with Gasteiger partial charge in [-0.3, -0.25) is 37.9 Å². The van der Waals surface area contributed by atoms with E-state index in [1.807, 2.05) is 5.32 Å². The number of β-amino-alcohol motifs (C(OH)–C–C–N with tert-alkyl or cyclic N) is 4. The molecule has 10 unspecified atom stereocenters. The van der Waals surface area contributed by atoms with Crippen LogP contribution < -0.4 is 16.0 Å². The molecule has 9 N–H and O–H groups in total. The highest BCUT2D eigenvalue weighted by Gasteiger charge is 2.51. The smallest absolute Gasteiger partial charge is 0.267 e. The highest BCUT2D eigenvalue weighted by Crippen LogP contribution is 2.31. The first-order valence-corrected chi connectivity index (χ1v) is 24.0. The Bertz CT molecular complexity index is 1970. The predicted octanol–water partition coefficient (Wildman–Crippen LogP) is -6.02. The summed E-state index contributed by atoms with van der Waals surface area (Å²) in [6, 6.07) is -9.06. The molecule has 352 valence electrons. The topological polar surface area (TPSA) is 358 Å². The van der Waals surface area contributed by atoms with E-state index in [-0.39, 0.29) is 38.8 Å². The predicted molar refractivity (Wildman–Crippen MR) is 216 cm³/mol. The van der Waals surface area contributed by atoms with Gasteiger partial charge in [-0.1, -0.05) is 32.1 Å². The number of amides is 6. The van der Waals surface area contributed by atoms with Crippen molar-refractivity contribution in [2.45, 2.75) is 137 Å². The number of likely N-dealkylation sites (tertiary alicyclic amines) is 4. The molecular weight excluding hydrogens is 877 g/mol. The molecule has 1 aliphatic carbocycles. The number of nitrogens with zero attached hydrogens (tertiary/aromatic N) is 4. The lowest BCUT2D eigenvalue weighted by Gasteiger charge is -2.37. The molecule has 2 radical (unpaired) electrons. The number of aliphatic hydroxyl groups excluding tert-OH is 4. The van der Waals surface area contributed by atoms with Gasteiger partial charge in [0.05, 0.1) is 50.6 Å². The quantitative estimate of drug-likeness (QED) is 0.0419. The van der Waals surface area contributed by atoms with Crippen LogP contribution in [-0.4, -0.2) is 226 Å². The SMILES string of the molecule is [B]C1(NC(CS(=O)(=O)O)C(=O)NC(CS(=O)(=O)O)C(=O)NCC(=O)N2CC(O)CC2C(=O)N2CC(O)CC2C(=O)N2CC(O)CC2C(=O)N2CC(O)CC2C=O)CCCCCCC1. The third-order valence-electron chi connectivity index (χ3n) is 12.2. The summed E-state index contributed by atoms with van der Waals surface area (Å²) in [6.07, 6.45) is -0.673. The minimum absolute atomic E-state index is 0.0169. The number of aldehydes is 1. The van der Waals surface area contributed by atoms with Crippen molar-refractivity contribution in [1.82, 2.24) is 35.6 Å². The fourth-order valence-corrected chi connectivity index (χ4v) is 10.5. The van der Waals surface area contributed by atoms with Gasteiger partial charge in [0.2, 0.25) is 35.4 Å². The minimum atomic E-state index is -5.04. The fourth-order valence-electron chi connectivity index (χ4n) is 9.18. The average molecular weight is 934 g/mol. The van der Waals surface area contributed by atoms with Crippen LogP contribution in [0.1, 0.15) is 70.6 Å². The van der Waals surface area contributed by atoms with Gasteiger partial charge < -0.3 is 60.8 Å². The third-order valence-corrected chi connectivity index (χ3v) is 13.7. The molecule has 63 heavy (non-hydrogen) atoms. The number of nitrogens with one attached hydrogen (secondary N) is 3. The Balaban J connectivity index is 1.27. The molecular formula is C36H56BN7O17S2. The van der Waals surface area contributed by atoms with Crippen LogP contribution in [0.15, 0.2) is 0 Å².